The van der Waals surface area contributed by atoms with E-state index in [4.69, 9.17) is 5.26 Å². The molecule has 1 aromatic heterocycles. The third kappa shape index (κ3) is 1.96. The van der Waals surface area contributed by atoms with Gasteiger partial charge in [-0.25, -0.2) is 13.8 Å². The van der Waals surface area contributed by atoms with Crippen LogP contribution in [0.2, 0.25) is 0 Å². The predicted octanol–water partition coefficient (Wildman–Crippen LogP) is 3.70. The van der Waals surface area contributed by atoms with Crippen molar-refractivity contribution >= 4 is 11.0 Å². The van der Waals surface area contributed by atoms with Gasteiger partial charge in [0.05, 0.1) is 28.2 Å². The molecule has 3 aromatic rings. The molecule has 0 spiro atoms. The molecule has 21 heavy (non-hydrogen) atoms. The van der Waals surface area contributed by atoms with E-state index in [1.165, 1.54) is 12.1 Å². The number of halogens is 2. The Labute approximate surface area is 120 Å². The third-order valence-corrected chi connectivity index (χ3v) is 3.52. The van der Waals surface area contributed by atoms with Crippen LogP contribution in [0.4, 0.5) is 8.78 Å². The summed E-state index contributed by atoms with van der Waals surface area (Å²) in [4.78, 5) is 4.29. The fourth-order valence-electron chi connectivity index (χ4n) is 2.35. The summed E-state index contributed by atoms with van der Waals surface area (Å²) in [5, 5.41) is 8.91. The van der Waals surface area contributed by atoms with Crippen LogP contribution in [0.25, 0.3) is 22.4 Å². The first-order valence-corrected chi connectivity index (χ1v) is 6.34. The molecule has 104 valence electrons. The molecule has 0 unspecified atom stereocenters. The van der Waals surface area contributed by atoms with Crippen molar-refractivity contribution in [1.29, 1.82) is 5.26 Å². The second-order valence-electron chi connectivity index (χ2n) is 4.86. The quantitative estimate of drug-likeness (QED) is 0.683. The zero-order chi connectivity index (χ0) is 15.1. The van der Waals surface area contributed by atoms with Crippen molar-refractivity contribution in [3.63, 3.8) is 0 Å². The summed E-state index contributed by atoms with van der Waals surface area (Å²) >= 11 is 0. The van der Waals surface area contributed by atoms with Crippen LogP contribution >= 0.6 is 0 Å². The summed E-state index contributed by atoms with van der Waals surface area (Å²) in [6.07, 6.45) is 0. The predicted molar refractivity (Wildman–Crippen MR) is 75.5 cm³/mol. The van der Waals surface area contributed by atoms with Crippen LogP contribution in [-0.4, -0.2) is 9.55 Å². The number of hydrogen-bond donors (Lipinski definition) is 0. The normalized spacial score (nSPS) is 10.8. The van der Waals surface area contributed by atoms with E-state index in [1.807, 2.05) is 6.07 Å². The van der Waals surface area contributed by atoms with Crippen LogP contribution in [0, 0.1) is 29.9 Å². The van der Waals surface area contributed by atoms with Crippen molar-refractivity contribution in [3.05, 3.63) is 53.1 Å². The first kappa shape index (κ1) is 13.3. The molecule has 0 aliphatic rings. The molecule has 3 nitrogen and oxygen atoms in total. The molecule has 1 heterocycles. The minimum atomic E-state index is -0.656. The molecule has 3 rings (SSSR count). The molecule has 0 bridgehead atoms. The molecule has 0 amide bonds. The van der Waals surface area contributed by atoms with Crippen LogP contribution < -0.4 is 0 Å². The fourth-order valence-corrected chi connectivity index (χ4v) is 2.35. The number of fused-ring (bicyclic) bond motifs is 1. The zero-order valence-corrected chi connectivity index (χ0v) is 11.5. The Hall–Kier alpha value is -2.74. The number of hydrogen-bond acceptors (Lipinski definition) is 2. The molecular weight excluding hydrogens is 272 g/mol. The van der Waals surface area contributed by atoms with Gasteiger partial charge in [0.1, 0.15) is 17.5 Å². The van der Waals surface area contributed by atoms with Gasteiger partial charge in [0, 0.05) is 7.05 Å². The average Bonchev–Trinajstić information content (AvgIpc) is 2.80. The van der Waals surface area contributed by atoms with Crippen molar-refractivity contribution in [1.82, 2.24) is 9.55 Å². The summed E-state index contributed by atoms with van der Waals surface area (Å²) in [6, 6.07) is 9.61. The van der Waals surface area contributed by atoms with Crippen molar-refractivity contribution in [2.45, 2.75) is 6.92 Å². The van der Waals surface area contributed by atoms with E-state index in [-0.39, 0.29) is 11.4 Å². The lowest BCUT2D eigenvalue weighted by Gasteiger charge is -2.07. The Bertz CT molecular complexity index is 904. The number of rotatable bonds is 1. The highest BCUT2D eigenvalue weighted by Gasteiger charge is 2.19. The number of benzene rings is 2. The van der Waals surface area contributed by atoms with Crippen molar-refractivity contribution < 1.29 is 8.78 Å². The number of imidazole rings is 1. The highest BCUT2D eigenvalue weighted by molar-refractivity contribution is 5.82. The minimum absolute atomic E-state index is 0.146. The summed E-state index contributed by atoms with van der Waals surface area (Å²) in [7, 11) is 1.69. The van der Waals surface area contributed by atoms with Gasteiger partial charge in [0.25, 0.3) is 0 Å². The van der Waals surface area contributed by atoms with Gasteiger partial charge in [-0.3, -0.25) is 0 Å². The van der Waals surface area contributed by atoms with Gasteiger partial charge >= 0.3 is 0 Å². The van der Waals surface area contributed by atoms with Gasteiger partial charge in [0.2, 0.25) is 0 Å². The smallest absolute Gasteiger partial charge is 0.146 e. The van der Waals surface area contributed by atoms with Crippen LogP contribution in [0.5, 0.6) is 0 Å². The molecule has 0 atom stereocenters. The lowest BCUT2D eigenvalue weighted by atomic mass is 10.1. The van der Waals surface area contributed by atoms with Gasteiger partial charge in [0.15, 0.2) is 0 Å². The van der Waals surface area contributed by atoms with E-state index in [9.17, 15) is 8.78 Å². The largest absolute Gasteiger partial charge is 0.327 e. The van der Waals surface area contributed by atoms with E-state index in [0.29, 0.717) is 22.2 Å². The van der Waals surface area contributed by atoms with E-state index in [0.717, 1.165) is 0 Å². The Kier molecular flexibility index (Phi) is 2.95. The maximum absolute atomic E-state index is 14.3. The van der Waals surface area contributed by atoms with Gasteiger partial charge < -0.3 is 4.57 Å². The monoisotopic (exact) mass is 283 g/mol. The Morgan fingerprint density at radius 3 is 2.67 bits per heavy atom. The lowest BCUT2D eigenvalue weighted by Crippen LogP contribution is -1.99. The van der Waals surface area contributed by atoms with Crippen molar-refractivity contribution in [2.24, 2.45) is 7.05 Å². The molecule has 0 fully saturated rings. The fraction of sp³-hybridized carbons (Fsp3) is 0.125. The minimum Gasteiger partial charge on any atom is -0.327 e. The molecular formula is C16H11F2N3. The second kappa shape index (κ2) is 4.67. The third-order valence-electron chi connectivity index (χ3n) is 3.52. The highest BCUT2D eigenvalue weighted by atomic mass is 19.1. The zero-order valence-electron chi connectivity index (χ0n) is 11.5. The molecule has 0 N–H and O–H groups in total. The van der Waals surface area contributed by atoms with E-state index >= 15 is 0 Å². The van der Waals surface area contributed by atoms with Crippen molar-refractivity contribution in [2.75, 3.05) is 0 Å². The first-order valence-electron chi connectivity index (χ1n) is 6.34. The second-order valence-corrected chi connectivity index (χ2v) is 4.86. The van der Waals surface area contributed by atoms with Gasteiger partial charge in [-0.15, -0.1) is 0 Å². The van der Waals surface area contributed by atoms with E-state index in [1.54, 1.807) is 36.7 Å². The standard InChI is InChI=1S/C16H11F2N3/c1-9-3-5-11(17)14(15(9)18)16-20-12-7-10(8-19)4-6-13(12)21(16)2/h3-7H,1-2H3. The van der Waals surface area contributed by atoms with Crippen LogP contribution in [0.15, 0.2) is 30.3 Å². The summed E-state index contributed by atoms with van der Waals surface area (Å²) < 4.78 is 29.9. The van der Waals surface area contributed by atoms with E-state index < -0.39 is 11.6 Å². The Morgan fingerprint density at radius 1 is 1.19 bits per heavy atom. The summed E-state index contributed by atoms with van der Waals surface area (Å²) in [6.45, 7) is 1.58. The first-order chi connectivity index (χ1) is 10.0. The molecule has 0 saturated heterocycles. The molecule has 0 aliphatic heterocycles. The summed E-state index contributed by atoms with van der Waals surface area (Å²) in [5.74, 6) is -1.07. The number of aryl methyl sites for hydroxylation is 2. The molecule has 0 saturated carbocycles. The molecule has 0 aliphatic carbocycles. The van der Waals surface area contributed by atoms with Crippen molar-refractivity contribution in [3.8, 4) is 17.5 Å². The van der Waals surface area contributed by atoms with Crippen LogP contribution in [-0.2, 0) is 7.05 Å². The SMILES string of the molecule is Cc1ccc(F)c(-c2nc3cc(C#N)ccc3n2C)c1F. The van der Waals surface area contributed by atoms with Gasteiger partial charge in [-0.05, 0) is 36.8 Å². The summed E-state index contributed by atoms with van der Waals surface area (Å²) in [5.41, 5.74) is 1.91. The van der Waals surface area contributed by atoms with Crippen LogP contribution in [0.1, 0.15) is 11.1 Å². The number of nitrogens with zero attached hydrogens (tertiary/aromatic N) is 3. The van der Waals surface area contributed by atoms with Gasteiger partial charge in [-0.1, -0.05) is 6.07 Å². The maximum atomic E-state index is 14.3. The molecule has 0 radical (unpaired) electrons. The van der Waals surface area contributed by atoms with Crippen LogP contribution in [0.3, 0.4) is 0 Å². The average molecular weight is 283 g/mol. The Morgan fingerprint density at radius 2 is 1.95 bits per heavy atom. The highest BCUT2D eigenvalue weighted by Crippen LogP contribution is 2.29. The lowest BCUT2D eigenvalue weighted by molar-refractivity contribution is 0.580. The number of aromatic nitrogens is 2. The Balaban J connectivity index is 2.34. The molecule has 2 aromatic carbocycles. The molecule has 5 heteroatoms. The van der Waals surface area contributed by atoms with Gasteiger partial charge in [-0.2, -0.15) is 5.26 Å². The van der Waals surface area contributed by atoms with E-state index in [2.05, 4.69) is 4.98 Å². The topological polar surface area (TPSA) is 41.6 Å². The number of nitriles is 1. The maximum Gasteiger partial charge on any atom is 0.146 e.